The number of anilines is 2. The molecule has 1 saturated carbocycles. The van der Waals surface area contributed by atoms with Gasteiger partial charge in [-0.1, -0.05) is 30.3 Å². The number of amides is 2. The molecule has 0 unspecified atom stereocenters. The van der Waals surface area contributed by atoms with Gasteiger partial charge in [-0.3, -0.25) is 14.5 Å². The Morgan fingerprint density at radius 2 is 1.79 bits per heavy atom. The van der Waals surface area contributed by atoms with Gasteiger partial charge in [-0.2, -0.15) is 0 Å². The third kappa shape index (κ3) is 6.55. The SMILES string of the molecule is COCCCNC(=O)c1cc(NC(=O)C2CC2)ccc1N1CCN(Cc2ccccc2)CC1. The van der Waals surface area contributed by atoms with E-state index in [-0.39, 0.29) is 17.7 Å². The van der Waals surface area contributed by atoms with E-state index in [1.807, 2.05) is 24.3 Å². The van der Waals surface area contributed by atoms with Crippen LogP contribution in [-0.4, -0.2) is 63.2 Å². The normalized spacial score (nSPS) is 16.5. The van der Waals surface area contributed by atoms with Crippen LogP contribution in [0.3, 0.4) is 0 Å². The molecule has 0 bridgehead atoms. The van der Waals surface area contributed by atoms with E-state index >= 15 is 0 Å². The van der Waals surface area contributed by atoms with Crippen molar-refractivity contribution >= 4 is 23.2 Å². The van der Waals surface area contributed by atoms with Crippen LogP contribution in [0.1, 0.15) is 35.2 Å². The molecular weight excluding hydrogens is 416 g/mol. The lowest BCUT2D eigenvalue weighted by atomic mass is 10.1. The van der Waals surface area contributed by atoms with Crippen molar-refractivity contribution in [3.05, 3.63) is 59.7 Å². The predicted octanol–water partition coefficient (Wildman–Crippen LogP) is 3.12. The predicted molar refractivity (Wildman–Crippen MR) is 131 cm³/mol. The van der Waals surface area contributed by atoms with Crippen molar-refractivity contribution in [2.45, 2.75) is 25.8 Å². The number of methoxy groups -OCH3 is 1. The van der Waals surface area contributed by atoms with E-state index in [1.165, 1.54) is 5.56 Å². The summed E-state index contributed by atoms with van der Waals surface area (Å²) in [4.78, 5) is 30.0. The molecule has 176 valence electrons. The molecule has 2 N–H and O–H groups in total. The summed E-state index contributed by atoms with van der Waals surface area (Å²) in [5, 5.41) is 5.98. The number of carbonyl (C=O) groups excluding carboxylic acids is 2. The van der Waals surface area contributed by atoms with Crippen LogP contribution in [-0.2, 0) is 16.1 Å². The van der Waals surface area contributed by atoms with Gasteiger partial charge in [0.25, 0.3) is 5.91 Å². The third-order valence-corrected chi connectivity index (χ3v) is 6.23. The second-order valence-corrected chi connectivity index (χ2v) is 8.85. The van der Waals surface area contributed by atoms with Crippen LogP contribution < -0.4 is 15.5 Å². The second-order valence-electron chi connectivity index (χ2n) is 8.85. The fourth-order valence-corrected chi connectivity index (χ4v) is 4.16. The molecule has 7 nitrogen and oxygen atoms in total. The zero-order valence-electron chi connectivity index (χ0n) is 19.4. The third-order valence-electron chi connectivity index (χ3n) is 6.23. The van der Waals surface area contributed by atoms with Crippen molar-refractivity contribution in [2.24, 2.45) is 5.92 Å². The number of rotatable bonds is 10. The molecule has 2 amide bonds. The van der Waals surface area contributed by atoms with E-state index in [4.69, 9.17) is 4.74 Å². The van der Waals surface area contributed by atoms with Crippen molar-refractivity contribution in [3.8, 4) is 0 Å². The second kappa shape index (κ2) is 11.3. The van der Waals surface area contributed by atoms with E-state index in [0.29, 0.717) is 24.4 Å². The summed E-state index contributed by atoms with van der Waals surface area (Å²) in [5.41, 5.74) is 3.53. The van der Waals surface area contributed by atoms with Crippen LogP contribution in [0.4, 0.5) is 11.4 Å². The highest BCUT2D eigenvalue weighted by atomic mass is 16.5. The fourth-order valence-electron chi connectivity index (χ4n) is 4.16. The molecule has 4 rings (SSSR count). The van der Waals surface area contributed by atoms with Crippen LogP contribution >= 0.6 is 0 Å². The fraction of sp³-hybridized carbons (Fsp3) is 0.462. The first-order chi connectivity index (χ1) is 16.1. The lowest BCUT2D eigenvalue weighted by Crippen LogP contribution is -2.46. The van der Waals surface area contributed by atoms with E-state index in [1.54, 1.807) is 7.11 Å². The van der Waals surface area contributed by atoms with Crippen LogP contribution in [0, 0.1) is 5.92 Å². The van der Waals surface area contributed by atoms with E-state index < -0.39 is 0 Å². The van der Waals surface area contributed by atoms with Crippen LogP contribution in [0.2, 0.25) is 0 Å². The highest BCUT2D eigenvalue weighted by Gasteiger charge is 2.30. The first-order valence-corrected chi connectivity index (χ1v) is 11.9. The minimum Gasteiger partial charge on any atom is -0.385 e. The number of carbonyl (C=O) groups is 2. The summed E-state index contributed by atoms with van der Waals surface area (Å²) >= 11 is 0. The minimum absolute atomic E-state index is 0.0451. The van der Waals surface area contributed by atoms with Crippen LogP contribution in [0.15, 0.2) is 48.5 Å². The molecule has 7 heteroatoms. The lowest BCUT2D eigenvalue weighted by molar-refractivity contribution is -0.117. The summed E-state index contributed by atoms with van der Waals surface area (Å²) in [6.45, 7) is 5.67. The van der Waals surface area contributed by atoms with Crippen LogP contribution in [0.5, 0.6) is 0 Å². The standard InChI is InChI=1S/C26H34N4O3/c1-33-17-5-12-27-26(32)23-18-22(28-25(31)21-8-9-21)10-11-24(23)30-15-13-29(14-16-30)19-20-6-3-2-4-7-20/h2-4,6-7,10-11,18,21H,5,8-9,12-17,19H2,1H3,(H,27,32)(H,28,31). The van der Waals surface area contributed by atoms with Crippen molar-refractivity contribution in [2.75, 3.05) is 56.7 Å². The van der Waals surface area contributed by atoms with Gasteiger partial charge in [-0.05, 0) is 43.0 Å². The molecule has 0 aromatic heterocycles. The van der Waals surface area contributed by atoms with Gasteiger partial charge in [0.15, 0.2) is 0 Å². The summed E-state index contributed by atoms with van der Waals surface area (Å²) < 4.78 is 5.08. The molecule has 0 atom stereocenters. The quantitative estimate of drug-likeness (QED) is 0.544. The van der Waals surface area contributed by atoms with Gasteiger partial charge >= 0.3 is 0 Å². The number of piperazine rings is 1. The molecule has 1 aliphatic carbocycles. The highest BCUT2D eigenvalue weighted by Crippen LogP contribution is 2.31. The van der Waals surface area contributed by atoms with E-state index in [2.05, 4.69) is 44.7 Å². The van der Waals surface area contributed by atoms with Gasteiger partial charge in [-0.25, -0.2) is 0 Å². The van der Waals surface area contributed by atoms with Crippen molar-refractivity contribution in [1.29, 1.82) is 0 Å². The Kier molecular flexibility index (Phi) is 7.96. The monoisotopic (exact) mass is 450 g/mol. The molecule has 2 aliphatic rings. The Bertz CT molecular complexity index is 938. The van der Waals surface area contributed by atoms with Gasteiger partial charge < -0.3 is 20.3 Å². The van der Waals surface area contributed by atoms with Crippen molar-refractivity contribution in [3.63, 3.8) is 0 Å². The molecule has 33 heavy (non-hydrogen) atoms. The maximum atomic E-state index is 13.1. The maximum Gasteiger partial charge on any atom is 0.253 e. The summed E-state index contributed by atoms with van der Waals surface area (Å²) in [7, 11) is 1.66. The molecule has 2 fully saturated rings. The number of nitrogens with zero attached hydrogens (tertiary/aromatic N) is 2. The zero-order chi connectivity index (χ0) is 23.0. The van der Waals surface area contributed by atoms with Crippen molar-refractivity contribution in [1.82, 2.24) is 10.2 Å². The summed E-state index contributed by atoms with van der Waals surface area (Å²) in [6.07, 6.45) is 2.65. The van der Waals surface area contributed by atoms with Gasteiger partial charge in [0.2, 0.25) is 5.91 Å². The van der Waals surface area contributed by atoms with Gasteiger partial charge in [0.1, 0.15) is 0 Å². The van der Waals surface area contributed by atoms with Gasteiger partial charge in [-0.15, -0.1) is 0 Å². The number of benzene rings is 2. The van der Waals surface area contributed by atoms with Crippen LogP contribution in [0.25, 0.3) is 0 Å². The Balaban J connectivity index is 1.43. The highest BCUT2D eigenvalue weighted by molar-refractivity contribution is 6.02. The molecule has 1 aliphatic heterocycles. The minimum atomic E-state index is -0.115. The Hall–Kier alpha value is -2.90. The van der Waals surface area contributed by atoms with Crippen molar-refractivity contribution < 1.29 is 14.3 Å². The zero-order valence-corrected chi connectivity index (χ0v) is 19.4. The molecule has 0 radical (unpaired) electrons. The topological polar surface area (TPSA) is 73.9 Å². The van der Waals surface area contributed by atoms with E-state index in [0.717, 1.165) is 57.7 Å². The van der Waals surface area contributed by atoms with E-state index in [9.17, 15) is 9.59 Å². The first kappa shape index (κ1) is 23.3. The number of hydrogen-bond donors (Lipinski definition) is 2. The maximum absolute atomic E-state index is 13.1. The first-order valence-electron chi connectivity index (χ1n) is 11.9. The van der Waals surface area contributed by atoms with Gasteiger partial charge in [0.05, 0.1) is 5.56 Å². The lowest BCUT2D eigenvalue weighted by Gasteiger charge is -2.37. The Morgan fingerprint density at radius 1 is 1.03 bits per heavy atom. The molecule has 2 aromatic rings. The Labute approximate surface area is 196 Å². The summed E-state index contributed by atoms with van der Waals surface area (Å²) in [6, 6.07) is 16.2. The molecule has 1 saturated heterocycles. The molecule has 1 heterocycles. The summed E-state index contributed by atoms with van der Waals surface area (Å²) in [5.74, 6) is 0.0488. The largest absolute Gasteiger partial charge is 0.385 e. The smallest absolute Gasteiger partial charge is 0.253 e. The molecule has 0 spiro atoms. The molecule has 2 aromatic carbocycles. The average molecular weight is 451 g/mol. The number of nitrogens with one attached hydrogen (secondary N) is 2. The number of hydrogen-bond acceptors (Lipinski definition) is 5. The Morgan fingerprint density at radius 3 is 2.48 bits per heavy atom. The van der Waals surface area contributed by atoms with Gasteiger partial charge in [0, 0.05) is 70.3 Å². The average Bonchev–Trinajstić information content (AvgIpc) is 3.69. The number of ether oxygens (including phenoxy) is 1. The molecular formula is C26H34N4O3.